The molecule has 0 saturated carbocycles. The molecule has 0 amide bonds. The van der Waals surface area contributed by atoms with Crippen LogP contribution in [0.3, 0.4) is 0 Å². The lowest BCUT2D eigenvalue weighted by Gasteiger charge is -2.31. The normalized spacial score (nSPS) is 28.7. The second-order valence-corrected chi connectivity index (χ2v) is 9.73. The molecule has 0 radical (unpaired) electrons. The van der Waals surface area contributed by atoms with Gasteiger partial charge in [-0.15, -0.1) is 10.2 Å². The summed E-state index contributed by atoms with van der Waals surface area (Å²) in [5.74, 6) is -3.26. The smallest absolute Gasteiger partial charge is 0.457 e. The molecule has 3 aliphatic rings. The van der Waals surface area contributed by atoms with Crippen LogP contribution in [0.5, 0.6) is 0 Å². The molecule has 2 saturated heterocycles. The van der Waals surface area contributed by atoms with E-state index in [-0.39, 0.29) is 28.3 Å². The van der Waals surface area contributed by atoms with Crippen LogP contribution in [-0.2, 0) is 28.5 Å². The van der Waals surface area contributed by atoms with Gasteiger partial charge < -0.3 is 38.5 Å². The van der Waals surface area contributed by atoms with Crippen LogP contribution in [0.25, 0.3) is 5.57 Å². The largest absolute Gasteiger partial charge is 0.516 e. The molecule has 2 aromatic rings. The van der Waals surface area contributed by atoms with Crippen molar-refractivity contribution in [2.45, 2.75) is 50.8 Å². The van der Waals surface area contributed by atoms with Crippen molar-refractivity contribution in [1.82, 2.24) is 15.5 Å². The number of aliphatic hydroxyl groups is 1. The van der Waals surface area contributed by atoms with Crippen LogP contribution in [0.2, 0.25) is 10.0 Å². The molecule has 2 N–H and O–H groups in total. The highest BCUT2D eigenvalue weighted by molar-refractivity contribution is 6.42. The zero-order valence-corrected chi connectivity index (χ0v) is 21.9. The second-order valence-electron chi connectivity index (χ2n) is 8.95. The van der Waals surface area contributed by atoms with Crippen LogP contribution < -0.4 is 5.32 Å². The third-order valence-corrected chi connectivity index (χ3v) is 7.22. The molecule has 0 aliphatic carbocycles. The maximum atomic E-state index is 13.1. The summed E-state index contributed by atoms with van der Waals surface area (Å²) in [6, 6.07) is 5.05. The van der Waals surface area contributed by atoms with Gasteiger partial charge in [0.1, 0.15) is 18.5 Å². The number of carbonyl (C=O) groups is 2. The Labute approximate surface area is 226 Å². The Morgan fingerprint density at radius 2 is 2.00 bits per heavy atom. The third-order valence-electron chi connectivity index (χ3n) is 6.39. The Hall–Kier alpha value is -3.16. The van der Waals surface area contributed by atoms with E-state index < -0.39 is 48.7 Å². The number of hydrogen-bond acceptors (Lipinski definition) is 12. The average Bonchev–Trinajstić information content (AvgIpc) is 3.57. The zero-order valence-electron chi connectivity index (χ0n) is 20.4. The fraction of sp³-hybridized carbons (Fsp3) is 0.417. The van der Waals surface area contributed by atoms with Gasteiger partial charge in [-0.2, -0.15) is 0 Å². The quantitative estimate of drug-likeness (QED) is 0.402. The molecule has 12 nitrogen and oxygen atoms in total. The van der Waals surface area contributed by atoms with Crippen LogP contribution in [-0.4, -0.2) is 64.7 Å². The lowest BCUT2D eigenvalue weighted by Crippen LogP contribution is -2.48. The standard InChI is InChI=1S/C24H23Cl2N3O9/c1-10-16(22-29-27-9-35-22)17(13-5-4-6-14(25)18(13)26)19(11(2)28-10)37-23(31)38-24(32)8-34-20-15(36-12(3)30)7-33-21(20)24/h4-6,9,15,17,20-21,28,32H,7-8H2,1-3H3/t15-,17?,20+,21-,24+/m0/s1. The van der Waals surface area contributed by atoms with Gasteiger partial charge in [0.25, 0.3) is 5.79 Å². The SMILES string of the molecule is CC(=O)O[C@H]1CO[C@H]2[C@@H]1OC[C@@]2(O)OC(=O)OC1=C(C)NC(C)=C(c2nnco2)C1c1cccc(Cl)c1Cl. The monoisotopic (exact) mass is 567 g/mol. The number of hydrogen-bond donors (Lipinski definition) is 2. The number of esters is 1. The number of nitrogens with one attached hydrogen (secondary N) is 1. The average molecular weight is 568 g/mol. The molecule has 38 heavy (non-hydrogen) atoms. The summed E-state index contributed by atoms with van der Waals surface area (Å²) in [7, 11) is 0. The van der Waals surface area contributed by atoms with E-state index in [1.165, 1.54) is 13.3 Å². The highest BCUT2D eigenvalue weighted by Crippen LogP contribution is 2.47. The van der Waals surface area contributed by atoms with Gasteiger partial charge in [0, 0.05) is 12.6 Å². The molecular weight excluding hydrogens is 545 g/mol. The first kappa shape index (κ1) is 26.4. The highest BCUT2D eigenvalue weighted by atomic mass is 35.5. The fourth-order valence-corrected chi connectivity index (χ4v) is 5.26. The van der Waals surface area contributed by atoms with Crippen molar-refractivity contribution in [3.63, 3.8) is 0 Å². The van der Waals surface area contributed by atoms with Crippen molar-refractivity contribution >= 4 is 40.9 Å². The van der Waals surface area contributed by atoms with E-state index in [0.717, 1.165) is 0 Å². The Bertz CT molecular complexity index is 1330. The van der Waals surface area contributed by atoms with Gasteiger partial charge in [0.05, 0.1) is 33.8 Å². The lowest BCUT2D eigenvalue weighted by atomic mass is 9.85. The van der Waals surface area contributed by atoms with Crippen LogP contribution in [0, 0.1) is 0 Å². The molecule has 4 heterocycles. The predicted octanol–water partition coefficient (Wildman–Crippen LogP) is 3.30. The Morgan fingerprint density at radius 3 is 2.71 bits per heavy atom. The summed E-state index contributed by atoms with van der Waals surface area (Å²) in [6.45, 7) is 4.28. The van der Waals surface area contributed by atoms with Crippen LogP contribution >= 0.6 is 23.2 Å². The predicted molar refractivity (Wildman–Crippen MR) is 129 cm³/mol. The van der Waals surface area contributed by atoms with Crippen molar-refractivity contribution < 1.29 is 42.8 Å². The number of aromatic nitrogens is 2. The zero-order chi connectivity index (χ0) is 27.2. The minimum absolute atomic E-state index is 0.0310. The van der Waals surface area contributed by atoms with Crippen molar-refractivity contribution in [1.29, 1.82) is 0 Å². The van der Waals surface area contributed by atoms with E-state index >= 15 is 0 Å². The summed E-state index contributed by atoms with van der Waals surface area (Å²) in [6.07, 6.45) is -2.73. The number of dihydropyridines is 1. The number of rotatable bonds is 5. The number of ether oxygens (including phenoxy) is 5. The first-order chi connectivity index (χ1) is 18.1. The van der Waals surface area contributed by atoms with Crippen LogP contribution in [0.4, 0.5) is 4.79 Å². The maximum absolute atomic E-state index is 13.1. The number of benzene rings is 1. The maximum Gasteiger partial charge on any atom is 0.516 e. The number of halogens is 2. The molecular formula is C24H23Cl2N3O9. The van der Waals surface area contributed by atoms with E-state index in [0.29, 0.717) is 22.5 Å². The van der Waals surface area contributed by atoms with E-state index in [4.69, 9.17) is 51.3 Å². The van der Waals surface area contributed by atoms with Gasteiger partial charge in [0.2, 0.25) is 12.3 Å². The van der Waals surface area contributed by atoms with Gasteiger partial charge in [0.15, 0.2) is 12.2 Å². The van der Waals surface area contributed by atoms with E-state index in [2.05, 4.69) is 15.5 Å². The Balaban J connectivity index is 1.43. The van der Waals surface area contributed by atoms with E-state index in [9.17, 15) is 14.7 Å². The molecule has 5 atom stereocenters. The van der Waals surface area contributed by atoms with Gasteiger partial charge >= 0.3 is 12.1 Å². The lowest BCUT2D eigenvalue weighted by molar-refractivity contribution is -0.219. The summed E-state index contributed by atoms with van der Waals surface area (Å²) < 4.78 is 32.7. The van der Waals surface area contributed by atoms with Gasteiger partial charge in [-0.05, 0) is 25.5 Å². The number of nitrogens with zero attached hydrogens (tertiary/aromatic N) is 2. The molecule has 1 aromatic carbocycles. The molecule has 202 valence electrons. The fourth-order valence-electron chi connectivity index (χ4n) is 4.84. The van der Waals surface area contributed by atoms with Crippen LogP contribution in [0.1, 0.15) is 38.1 Å². The molecule has 1 unspecified atom stereocenters. The third kappa shape index (κ3) is 4.74. The molecule has 2 fully saturated rings. The molecule has 0 bridgehead atoms. The number of fused-ring (bicyclic) bond motifs is 1. The minimum Gasteiger partial charge on any atom is -0.457 e. The van der Waals surface area contributed by atoms with Gasteiger partial charge in [-0.3, -0.25) is 4.79 Å². The first-order valence-corrected chi connectivity index (χ1v) is 12.3. The van der Waals surface area contributed by atoms with Crippen molar-refractivity contribution in [2.75, 3.05) is 13.2 Å². The van der Waals surface area contributed by atoms with Crippen molar-refractivity contribution in [2.24, 2.45) is 0 Å². The molecule has 0 spiro atoms. The second kappa shape index (κ2) is 10.2. The van der Waals surface area contributed by atoms with Gasteiger partial charge in [-0.25, -0.2) is 4.79 Å². The summed E-state index contributed by atoms with van der Waals surface area (Å²) in [5.41, 5.74) is 2.10. The summed E-state index contributed by atoms with van der Waals surface area (Å²) in [5, 5.41) is 22.5. The first-order valence-electron chi connectivity index (χ1n) is 11.5. The molecule has 14 heteroatoms. The Morgan fingerprint density at radius 1 is 1.21 bits per heavy atom. The minimum atomic E-state index is -2.18. The van der Waals surface area contributed by atoms with E-state index in [1.54, 1.807) is 32.0 Å². The topological polar surface area (TPSA) is 151 Å². The highest BCUT2D eigenvalue weighted by Gasteiger charge is 2.60. The molecule has 5 rings (SSSR count). The van der Waals surface area contributed by atoms with Gasteiger partial charge in [-0.1, -0.05) is 35.3 Å². The summed E-state index contributed by atoms with van der Waals surface area (Å²) in [4.78, 5) is 24.4. The molecule has 3 aliphatic heterocycles. The Kier molecular flexibility index (Phi) is 7.09. The number of allylic oxidation sites excluding steroid dienone is 3. The summed E-state index contributed by atoms with van der Waals surface area (Å²) >= 11 is 12.9. The van der Waals surface area contributed by atoms with E-state index in [1.807, 2.05) is 0 Å². The molecule has 1 aromatic heterocycles. The van der Waals surface area contributed by atoms with Crippen molar-refractivity contribution in [3.05, 3.63) is 63.2 Å². The van der Waals surface area contributed by atoms with Crippen LogP contribution in [0.15, 0.2) is 46.2 Å². The van der Waals surface area contributed by atoms with Crippen molar-refractivity contribution in [3.8, 4) is 0 Å². The number of carbonyl (C=O) groups excluding carboxylic acids is 2.